The Morgan fingerprint density at radius 2 is 2.18 bits per heavy atom. The highest BCUT2D eigenvalue weighted by Crippen LogP contribution is 2.20. The molecule has 0 aliphatic heterocycles. The second kappa shape index (κ2) is 6.87. The number of aliphatic hydroxyl groups is 1. The molecule has 3 nitrogen and oxygen atoms in total. The summed E-state index contributed by atoms with van der Waals surface area (Å²) in [5.41, 5.74) is 0.761. The molecule has 92 valence electrons. The lowest BCUT2D eigenvalue weighted by atomic mass is 10.2. The first kappa shape index (κ1) is 13.5. The van der Waals surface area contributed by atoms with E-state index in [1.54, 1.807) is 17.0 Å². The molecule has 0 spiro atoms. The molecule has 0 heterocycles. The van der Waals surface area contributed by atoms with Crippen LogP contribution in [0.4, 0.5) is 10.1 Å². The molecule has 0 aliphatic carbocycles. The fourth-order valence-electron chi connectivity index (χ4n) is 1.66. The highest BCUT2D eigenvalue weighted by molar-refractivity contribution is 5.51. The summed E-state index contributed by atoms with van der Waals surface area (Å²) in [5, 5.41) is 17.6. The van der Waals surface area contributed by atoms with Gasteiger partial charge in [0.2, 0.25) is 0 Å². The molecule has 0 fully saturated rings. The van der Waals surface area contributed by atoms with E-state index in [2.05, 4.69) is 6.92 Å². The Labute approximate surface area is 101 Å². The zero-order valence-corrected chi connectivity index (χ0v) is 9.99. The standard InChI is InChI=1S/C13H17FN2O/c1-2-3-6-16(7-8-17)13-5-4-11(10-15)9-12(13)14/h4-5,9,17H,2-3,6-8H2,1H3. The maximum Gasteiger partial charge on any atom is 0.147 e. The average Bonchev–Trinajstić information content (AvgIpc) is 2.34. The number of aliphatic hydroxyl groups excluding tert-OH is 1. The molecule has 0 aliphatic rings. The summed E-state index contributed by atoms with van der Waals surface area (Å²) < 4.78 is 13.8. The van der Waals surface area contributed by atoms with Crippen LogP contribution >= 0.6 is 0 Å². The summed E-state index contributed by atoms with van der Waals surface area (Å²) in [4.78, 5) is 1.81. The third kappa shape index (κ3) is 3.72. The lowest BCUT2D eigenvalue weighted by Crippen LogP contribution is -2.28. The zero-order chi connectivity index (χ0) is 12.7. The molecule has 0 bridgehead atoms. The van der Waals surface area contributed by atoms with E-state index in [1.165, 1.54) is 6.07 Å². The Hall–Kier alpha value is -1.60. The predicted octanol–water partition coefficient (Wildman–Crippen LogP) is 2.30. The van der Waals surface area contributed by atoms with Crippen molar-refractivity contribution in [1.29, 1.82) is 5.26 Å². The minimum atomic E-state index is -0.409. The third-order valence-corrected chi connectivity index (χ3v) is 2.57. The van der Waals surface area contributed by atoms with Gasteiger partial charge in [0.05, 0.1) is 23.9 Å². The number of halogens is 1. The Bertz CT molecular complexity index is 401. The van der Waals surface area contributed by atoms with E-state index in [1.807, 2.05) is 6.07 Å². The first-order valence-corrected chi connectivity index (χ1v) is 5.78. The van der Waals surface area contributed by atoms with Crippen LogP contribution in [0.5, 0.6) is 0 Å². The van der Waals surface area contributed by atoms with Crippen molar-refractivity contribution in [3.63, 3.8) is 0 Å². The Morgan fingerprint density at radius 3 is 2.71 bits per heavy atom. The minimum absolute atomic E-state index is 0.0108. The quantitative estimate of drug-likeness (QED) is 0.824. The lowest BCUT2D eigenvalue weighted by molar-refractivity contribution is 0.301. The normalized spacial score (nSPS) is 10.0. The van der Waals surface area contributed by atoms with Gasteiger partial charge in [0.1, 0.15) is 5.82 Å². The maximum absolute atomic E-state index is 13.8. The first-order valence-electron chi connectivity index (χ1n) is 5.78. The van der Waals surface area contributed by atoms with Gasteiger partial charge in [-0.1, -0.05) is 13.3 Å². The highest BCUT2D eigenvalue weighted by atomic mass is 19.1. The third-order valence-electron chi connectivity index (χ3n) is 2.57. The van der Waals surface area contributed by atoms with Crippen molar-refractivity contribution >= 4 is 5.69 Å². The number of hydrogen-bond acceptors (Lipinski definition) is 3. The van der Waals surface area contributed by atoms with Crippen LogP contribution in [0.1, 0.15) is 25.3 Å². The van der Waals surface area contributed by atoms with Crippen LogP contribution in [0.2, 0.25) is 0 Å². The monoisotopic (exact) mass is 236 g/mol. The van der Waals surface area contributed by atoms with E-state index < -0.39 is 5.82 Å². The van der Waals surface area contributed by atoms with E-state index in [9.17, 15) is 4.39 Å². The molecular formula is C13H17FN2O. The van der Waals surface area contributed by atoms with Crippen molar-refractivity contribution in [2.45, 2.75) is 19.8 Å². The van der Waals surface area contributed by atoms with Crippen LogP contribution in [0.15, 0.2) is 18.2 Å². The van der Waals surface area contributed by atoms with Gasteiger partial charge in [-0.15, -0.1) is 0 Å². The Balaban J connectivity index is 2.89. The van der Waals surface area contributed by atoms with Gasteiger partial charge in [-0.2, -0.15) is 5.26 Å². The van der Waals surface area contributed by atoms with Crippen molar-refractivity contribution < 1.29 is 9.50 Å². The van der Waals surface area contributed by atoms with Crippen molar-refractivity contribution in [2.24, 2.45) is 0 Å². The van der Waals surface area contributed by atoms with Crippen LogP contribution < -0.4 is 4.90 Å². The topological polar surface area (TPSA) is 47.3 Å². The molecule has 4 heteroatoms. The van der Waals surface area contributed by atoms with E-state index in [0.29, 0.717) is 24.3 Å². The smallest absolute Gasteiger partial charge is 0.147 e. The number of nitrogens with zero attached hydrogens (tertiary/aromatic N) is 2. The number of rotatable bonds is 6. The van der Waals surface area contributed by atoms with Crippen molar-refractivity contribution in [3.05, 3.63) is 29.6 Å². The van der Waals surface area contributed by atoms with Gasteiger partial charge in [0, 0.05) is 13.1 Å². The number of hydrogen-bond donors (Lipinski definition) is 1. The fourth-order valence-corrected chi connectivity index (χ4v) is 1.66. The molecule has 0 unspecified atom stereocenters. The predicted molar refractivity (Wildman–Crippen MR) is 65.3 cm³/mol. The minimum Gasteiger partial charge on any atom is -0.395 e. The van der Waals surface area contributed by atoms with Crippen LogP contribution in [0.25, 0.3) is 0 Å². The molecule has 1 N–H and O–H groups in total. The lowest BCUT2D eigenvalue weighted by Gasteiger charge is -2.24. The van der Waals surface area contributed by atoms with Gasteiger partial charge in [0.15, 0.2) is 0 Å². The van der Waals surface area contributed by atoms with Crippen LogP contribution in [0, 0.1) is 17.1 Å². The maximum atomic E-state index is 13.8. The molecule has 1 aromatic rings. The number of nitriles is 1. The Morgan fingerprint density at radius 1 is 1.41 bits per heavy atom. The summed E-state index contributed by atoms with van der Waals surface area (Å²) in [5.74, 6) is -0.409. The number of anilines is 1. The van der Waals surface area contributed by atoms with E-state index >= 15 is 0 Å². The summed E-state index contributed by atoms with van der Waals surface area (Å²) >= 11 is 0. The summed E-state index contributed by atoms with van der Waals surface area (Å²) in [6.45, 7) is 3.16. The summed E-state index contributed by atoms with van der Waals surface area (Å²) in [6.07, 6.45) is 1.96. The summed E-state index contributed by atoms with van der Waals surface area (Å²) in [6, 6.07) is 6.32. The zero-order valence-electron chi connectivity index (χ0n) is 9.99. The molecule has 1 aromatic carbocycles. The molecule has 0 saturated heterocycles. The van der Waals surface area contributed by atoms with Crippen LogP contribution in [-0.4, -0.2) is 24.8 Å². The van der Waals surface area contributed by atoms with Crippen LogP contribution in [0.3, 0.4) is 0 Å². The van der Waals surface area contributed by atoms with Gasteiger partial charge in [-0.3, -0.25) is 0 Å². The van der Waals surface area contributed by atoms with E-state index in [4.69, 9.17) is 10.4 Å². The fraction of sp³-hybridized carbons (Fsp3) is 0.462. The van der Waals surface area contributed by atoms with E-state index in [0.717, 1.165) is 12.8 Å². The molecule has 0 saturated carbocycles. The largest absolute Gasteiger partial charge is 0.395 e. The first-order chi connectivity index (χ1) is 8.22. The van der Waals surface area contributed by atoms with Gasteiger partial charge < -0.3 is 10.0 Å². The highest BCUT2D eigenvalue weighted by Gasteiger charge is 2.11. The molecule has 0 aromatic heterocycles. The van der Waals surface area contributed by atoms with Crippen molar-refractivity contribution in [2.75, 3.05) is 24.6 Å². The van der Waals surface area contributed by atoms with Gasteiger partial charge in [0.25, 0.3) is 0 Å². The molecule has 1 rings (SSSR count). The van der Waals surface area contributed by atoms with E-state index in [-0.39, 0.29) is 6.61 Å². The van der Waals surface area contributed by atoms with Gasteiger partial charge >= 0.3 is 0 Å². The van der Waals surface area contributed by atoms with Crippen molar-refractivity contribution in [1.82, 2.24) is 0 Å². The molecule has 17 heavy (non-hydrogen) atoms. The molecule has 0 atom stereocenters. The van der Waals surface area contributed by atoms with Crippen molar-refractivity contribution in [3.8, 4) is 6.07 Å². The summed E-state index contributed by atoms with van der Waals surface area (Å²) in [7, 11) is 0. The molecule has 0 amide bonds. The Kier molecular flexibility index (Phi) is 5.44. The molecule has 0 radical (unpaired) electrons. The van der Waals surface area contributed by atoms with Gasteiger partial charge in [-0.25, -0.2) is 4.39 Å². The number of benzene rings is 1. The average molecular weight is 236 g/mol. The SMILES string of the molecule is CCCCN(CCO)c1ccc(C#N)cc1F. The second-order valence-corrected chi connectivity index (χ2v) is 3.84. The van der Waals surface area contributed by atoms with Gasteiger partial charge in [-0.05, 0) is 24.6 Å². The molecular weight excluding hydrogens is 219 g/mol. The van der Waals surface area contributed by atoms with Crippen LogP contribution in [-0.2, 0) is 0 Å². The second-order valence-electron chi connectivity index (χ2n) is 3.84. The number of unbranched alkanes of at least 4 members (excludes halogenated alkanes) is 1.